The van der Waals surface area contributed by atoms with Gasteiger partial charge in [-0.2, -0.15) is 5.10 Å². The van der Waals surface area contributed by atoms with Crippen molar-refractivity contribution in [3.63, 3.8) is 0 Å². The van der Waals surface area contributed by atoms with E-state index in [0.29, 0.717) is 24.1 Å². The van der Waals surface area contributed by atoms with Gasteiger partial charge in [0, 0.05) is 41.6 Å². The van der Waals surface area contributed by atoms with E-state index in [0.717, 1.165) is 35.5 Å². The number of nitrogens with one attached hydrogen (secondary N) is 1. The number of hydrogen-bond acceptors (Lipinski definition) is 9. The first-order valence-corrected chi connectivity index (χ1v) is 10.9. The van der Waals surface area contributed by atoms with Gasteiger partial charge in [-0.25, -0.2) is 15.0 Å². The van der Waals surface area contributed by atoms with Crippen LogP contribution >= 0.6 is 11.3 Å². The molecule has 0 radical (unpaired) electrons. The summed E-state index contributed by atoms with van der Waals surface area (Å²) < 4.78 is 17.4. The topological polar surface area (TPSA) is 108 Å². The molecule has 2 fully saturated rings. The molecule has 0 amide bonds. The van der Waals surface area contributed by atoms with E-state index in [1.165, 1.54) is 11.3 Å². The molecule has 3 atom stereocenters. The van der Waals surface area contributed by atoms with Crippen LogP contribution < -0.4 is 4.74 Å². The summed E-state index contributed by atoms with van der Waals surface area (Å²) in [7, 11) is 0. The smallest absolute Gasteiger partial charge is 0.213 e. The molecule has 2 aliphatic rings. The molecule has 31 heavy (non-hydrogen) atoms. The molecule has 10 heteroatoms. The van der Waals surface area contributed by atoms with Crippen LogP contribution in [0.2, 0.25) is 0 Å². The van der Waals surface area contributed by atoms with Gasteiger partial charge in [0.1, 0.15) is 11.8 Å². The Morgan fingerprint density at radius 3 is 2.74 bits per heavy atom. The molecule has 0 bridgehead atoms. The van der Waals surface area contributed by atoms with E-state index in [4.69, 9.17) is 14.2 Å². The number of thiazole rings is 1. The van der Waals surface area contributed by atoms with Crippen LogP contribution in [0.1, 0.15) is 6.42 Å². The van der Waals surface area contributed by atoms with Crippen LogP contribution in [0, 0.1) is 0 Å². The number of nitrogens with zero attached hydrogens (tertiary/aromatic N) is 5. The van der Waals surface area contributed by atoms with Gasteiger partial charge < -0.3 is 14.2 Å². The first kappa shape index (κ1) is 18.6. The first-order valence-electron chi connectivity index (χ1n) is 9.97. The van der Waals surface area contributed by atoms with E-state index in [1.807, 2.05) is 29.6 Å². The fraction of sp³-hybridized carbons (Fsp3) is 0.286. The average Bonchev–Trinajstić information content (AvgIpc) is 3.60. The molecule has 0 saturated carbocycles. The zero-order chi connectivity index (χ0) is 20.6. The number of rotatable bonds is 5. The monoisotopic (exact) mass is 434 g/mol. The SMILES string of the molecule is c1nc(-c2nc(-c3ccc(-c4ccc(OC5COC6CCOC65)nc4)nc3)n[nH]2)cs1. The fourth-order valence-corrected chi connectivity index (χ4v) is 4.36. The third-order valence-corrected chi connectivity index (χ3v) is 5.99. The van der Waals surface area contributed by atoms with E-state index >= 15 is 0 Å². The normalized spacial score (nSPS) is 22.5. The van der Waals surface area contributed by atoms with Crippen molar-refractivity contribution in [1.82, 2.24) is 30.1 Å². The van der Waals surface area contributed by atoms with Gasteiger partial charge in [-0.15, -0.1) is 11.3 Å². The molecule has 3 unspecified atom stereocenters. The number of fused-ring (bicyclic) bond motifs is 1. The van der Waals surface area contributed by atoms with Gasteiger partial charge >= 0.3 is 0 Å². The number of ether oxygens (including phenoxy) is 3. The highest BCUT2D eigenvalue weighted by Crippen LogP contribution is 2.29. The highest BCUT2D eigenvalue weighted by molar-refractivity contribution is 7.07. The Kier molecular flexibility index (Phi) is 4.67. The Labute approximate surface area is 181 Å². The maximum Gasteiger partial charge on any atom is 0.213 e. The number of hydrogen-bond donors (Lipinski definition) is 1. The van der Waals surface area contributed by atoms with Crippen LogP contribution in [-0.2, 0) is 9.47 Å². The van der Waals surface area contributed by atoms with Gasteiger partial charge in [-0.3, -0.25) is 10.1 Å². The van der Waals surface area contributed by atoms with E-state index in [-0.39, 0.29) is 18.3 Å². The molecular formula is C21H18N6O3S. The zero-order valence-electron chi connectivity index (χ0n) is 16.3. The van der Waals surface area contributed by atoms with E-state index in [1.54, 1.807) is 17.9 Å². The summed E-state index contributed by atoms with van der Waals surface area (Å²) in [5.41, 5.74) is 5.07. The van der Waals surface area contributed by atoms with Crippen LogP contribution in [0.4, 0.5) is 0 Å². The number of H-pyrrole nitrogens is 1. The van der Waals surface area contributed by atoms with Crippen LogP contribution in [0.3, 0.4) is 0 Å². The molecule has 4 aromatic heterocycles. The summed E-state index contributed by atoms with van der Waals surface area (Å²) in [6.45, 7) is 1.26. The van der Waals surface area contributed by atoms with Crippen molar-refractivity contribution in [2.24, 2.45) is 0 Å². The lowest BCUT2D eigenvalue weighted by Gasteiger charge is -2.17. The van der Waals surface area contributed by atoms with Crippen molar-refractivity contribution in [1.29, 1.82) is 0 Å². The Hall–Kier alpha value is -3.21. The molecule has 2 saturated heterocycles. The minimum atomic E-state index is -0.112. The van der Waals surface area contributed by atoms with Crippen molar-refractivity contribution < 1.29 is 14.2 Å². The number of pyridine rings is 2. The molecule has 9 nitrogen and oxygen atoms in total. The standard InChI is InChI=1S/C21H18N6O3S/c1-3-14(22-8-13(1)20-25-21(27-26-20)15-10-31-11-24-15)12-2-4-18(23-7-12)30-17-9-29-16-5-6-28-19(16)17/h1-4,7-8,10-11,16-17,19H,5-6,9H2,(H,25,26,27). The van der Waals surface area contributed by atoms with Gasteiger partial charge in [0.25, 0.3) is 0 Å². The Morgan fingerprint density at radius 1 is 1.00 bits per heavy atom. The van der Waals surface area contributed by atoms with Gasteiger partial charge in [-0.1, -0.05) is 0 Å². The van der Waals surface area contributed by atoms with Crippen LogP contribution in [0.25, 0.3) is 34.2 Å². The lowest BCUT2D eigenvalue weighted by Crippen LogP contribution is -2.32. The zero-order valence-corrected chi connectivity index (χ0v) is 17.2. The number of aromatic nitrogens is 6. The molecule has 156 valence electrons. The predicted molar refractivity (Wildman–Crippen MR) is 112 cm³/mol. The van der Waals surface area contributed by atoms with E-state index < -0.39 is 0 Å². The summed E-state index contributed by atoms with van der Waals surface area (Å²) in [5.74, 6) is 1.78. The molecular weight excluding hydrogens is 416 g/mol. The average molecular weight is 434 g/mol. The highest BCUT2D eigenvalue weighted by Gasteiger charge is 2.43. The second kappa shape index (κ2) is 7.80. The summed E-state index contributed by atoms with van der Waals surface area (Å²) in [5, 5.41) is 9.10. The van der Waals surface area contributed by atoms with Crippen molar-refractivity contribution in [2.75, 3.05) is 13.2 Å². The molecule has 2 aliphatic heterocycles. The summed E-state index contributed by atoms with van der Waals surface area (Å²) >= 11 is 1.51. The minimum Gasteiger partial charge on any atom is -0.469 e. The lowest BCUT2D eigenvalue weighted by molar-refractivity contribution is 0.0289. The quantitative estimate of drug-likeness (QED) is 0.511. The van der Waals surface area contributed by atoms with Crippen molar-refractivity contribution in [3.8, 4) is 40.0 Å². The molecule has 0 aliphatic carbocycles. The fourth-order valence-electron chi connectivity index (χ4n) is 3.82. The second-order valence-electron chi connectivity index (χ2n) is 7.35. The molecule has 4 aromatic rings. The predicted octanol–water partition coefficient (Wildman–Crippen LogP) is 2.99. The van der Waals surface area contributed by atoms with Crippen LogP contribution in [-0.4, -0.2) is 61.7 Å². The Bertz CT molecular complexity index is 1160. The van der Waals surface area contributed by atoms with Gasteiger partial charge in [-0.05, 0) is 24.6 Å². The Morgan fingerprint density at radius 2 is 1.94 bits per heavy atom. The van der Waals surface area contributed by atoms with Crippen LogP contribution in [0.15, 0.2) is 47.5 Å². The van der Waals surface area contributed by atoms with E-state index in [9.17, 15) is 0 Å². The maximum atomic E-state index is 5.98. The maximum absolute atomic E-state index is 5.98. The van der Waals surface area contributed by atoms with E-state index in [2.05, 4.69) is 30.1 Å². The Balaban J connectivity index is 1.15. The molecule has 1 N–H and O–H groups in total. The van der Waals surface area contributed by atoms with Crippen molar-refractivity contribution in [3.05, 3.63) is 47.5 Å². The summed E-state index contributed by atoms with van der Waals surface area (Å²) in [6, 6.07) is 7.66. The van der Waals surface area contributed by atoms with Crippen LogP contribution in [0.5, 0.6) is 5.88 Å². The van der Waals surface area contributed by atoms with Gasteiger partial charge in [0.2, 0.25) is 5.88 Å². The molecule has 6 heterocycles. The second-order valence-corrected chi connectivity index (χ2v) is 8.07. The number of aromatic amines is 1. The van der Waals surface area contributed by atoms with Gasteiger partial charge in [0.15, 0.2) is 17.8 Å². The largest absolute Gasteiger partial charge is 0.469 e. The summed E-state index contributed by atoms with van der Waals surface area (Å²) in [4.78, 5) is 17.7. The van der Waals surface area contributed by atoms with Gasteiger partial charge in [0.05, 0.1) is 23.9 Å². The minimum absolute atomic E-state index is 0.00220. The highest BCUT2D eigenvalue weighted by atomic mass is 32.1. The molecule has 0 aromatic carbocycles. The molecule has 6 rings (SSSR count). The first-order chi connectivity index (χ1) is 15.3. The lowest BCUT2D eigenvalue weighted by atomic mass is 10.1. The molecule has 0 spiro atoms. The summed E-state index contributed by atoms with van der Waals surface area (Å²) in [6.07, 6.45) is 4.47. The van der Waals surface area contributed by atoms with Crippen molar-refractivity contribution >= 4 is 11.3 Å². The third-order valence-electron chi connectivity index (χ3n) is 5.41. The third kappa shape index (κ3) is 3.58. The van der Waals surface area contributed by atoms with Crippen molar-refractivity contribution in [2.45, 2.75) is 24.7 Å².